The second-order valence-electron chi connectivity index (χ2n) is 4.81. The summed E-state index contributed by atoms with van der Waals surface area (Å²) in [7, 11) is 1.37. The minimum Gasteiger partial charge on any atom is -0.465 e. The van der Waals surface area contributed by atoms with E-state index in [4.69, 9.17) is 11.2 Å². The molecule has 0 aromatic heterocycles. The van der Waals surface area contributed by atoms with Crippen LogP contribution in [0.4, 0.5) is 0 Å². The first-order valence-corrected chi connectivity index (χ1v) is 7.53. The summed E-state index contributed by atoms with van der Waals surface area (Å²) in [6.45, 7) is 2.08. The fraction of sp³-hybridized carbons (Fsp3) is 0.350. The highest BCUT2D eigenvalue weighted by Gasteiger charge is 2.07. The first-order valence-electron chi connectivity index (χ1n) is 7.53. The van der Waals surface area contributed by atoms with Crippen molar-refractivity contribution in [1.82, 2.24) is 0 Å². The van der Waals surface area contributed by atoms with Crippen LogP contribution in [0.25, 0.3) is 6.08 Å². The molecule has 114 valence electrons. The first-order chi connectivity index (χ1) is 10.7. The van der Waals surface area contributed by atoms with E-state index in [9.17, 15) is 4.79 Å². The van der Waals surface area contributed by atoms with Crippen LogP contribution in [0.3, 0.4) is 0 Å². The number of rotatable bonds is 6. The zero-order valence-corrected chi connectivity index (χ0v) is 13.3. The molecule has 0 amide bonds. The van der Waals surface area contributed by atoms with Gasteiger partial charge in [0.1, 0.15) is 5.57 Å². The fourth-order valence-corrected chi connectivity index (χ4v) is 2.01. The van der Waals surface area contributed by atoms with Crippen molar-refractivity contribution in [3.63, 3.8) is 0 Å². The van der Waals surface area contributed by atoms with E-state index in [1.807, 2.05) is 24.3 Å². The van der Waals surface area contributed by atoms with Crippen LogP contribution in [0.2, 0.25) is 0 Å². The van der Waals surface area contributed by atoms with Crippen molar-refractivity contribution in [2.75, 3.05) is 7.11 Å². The Bertz CT molecular complexity index is 621. The summed E-state index contributed by atoms with van der Waals surface area (Å²) in [5.74, 6) is 8.17. The largest absolute Gasteiger partial charge is 0.465 e. The smallest absolute Gasteiger partial charge is 0.346 e. The molecule has 0 aliphatic rings. The lowest BCUT2D eigenvalue weighted by atomic mass is 10.0. The van der Waals surface area contributed by atoms with Gasteiger partial charge in [-0.25, -0.2) is 4.79 Å². The molecule has 0 aliphatic heterocycles. The SMILES string of the molecule is C#CCCCCC#C/C(=C\c1ccccc1CC)C(=O)OC. The summed E-state index contributed by atoms with van der Waals surface area (Å²) in [5.41, 5.74) is 2.58. The van der Waals surface area contributed by atoms with E-state index in [2.05, 4.69) is 24.7 Å². The number of ether oxygens (including phenoxy) is 1. The summed E-state index contributed by atoms with van der Waals surface area (Å²) >= 11 is 0. The molecule has 22 heavy (non-hydrogen) atoms. The molecule has 0 atom stereocenters. The van der Waals surface area contributed by atoms with Gasteiger partial charge in [0.25, 0.3) is 0 Å². The lowest BCUT2D eigenvalue weighted by Crippen LogP contribution is -2.03. The van der Waals surface area contributed by atoms with E-state index in [-0.39, 0.29) is 0 Å². The predicted octanol–water partition coefficient (Wildman–Crippen LogP) is 4.00. The van der Waals surface area contributed by atoms with Gasteiger partial charge in [0, 0.05) is 12.8 Å². The van der Waals surface area contributed by atoms with E-state index in [0.717, 1.165) is 37.7 Å². The van der Waals surface area contributed by atoms with Gasteiger partial charge in [-0.2, -0.15) is 0 Å². The zero-order chi connectivity index (χ0) is 16.2. The average molecular weight is 294 g/mol. The number of hydrogen-bond donors (Lipinski definition) is 0. The molecule has 0 saturated carbocycles. The predicted molar refractivity (Wildman–Crippen MR) is 90.9 cm³/mol. The lowest BCUT2D eigenvalue weighted by Gasteiger charge is -2.04. The molecule has 0 spiro atoms. The number of carbonyl (C=O) groups is 1. The van der Waals surface area contributed by atoms with Gasteiger partial charge >= 0.3 is 5.97 Å². The van der Waals surface area contributed by atoms with Gasteiger partial charge in [0.2, 0.25) is 0 Å². The van der Waals surface area contributed by atoms with Crippen LogP contribution in [-0.4, -0.2) is 13.1 Å². The molecule has 0 aliphatic carbocycles. The number of terminal acetylenes is 1. The maximum absolute atomic E-state index is 11.9. The quantitative estimate of drug-likeness (QED) is 0.343. The number of carbonyl (C=O) groups excluding carboxylic acids is 1. The Morgan fingerprint density at radius 3 is 2.68 bits per heavy atom. The third-order valence-corrected chi connectivity index (χ3v) is 3.24. The van der Waals surface area contributed by atoms with Crippen molar-refractivity contribution in [3.05, 3.63) is 41.0 Å². The molecular formula is C20H22O2. The second-order valence-corrected chi connectivity index (χ2v) is 4.81. The van der Waals surface area contributed by atoms with Crippen LogP contribution >= 0.6 is 0 Å². The maximum Gasteiger partial charge on any atom is 0.346 e. The van der Waals surface area contributed by atoms with Crippen molar-refractivity contribution >= 4 is 12.0 Å². The molecule has 0 saturated heterocycles. The number of esters is 1. The van der Waals surface area contributed by atoms with E-state index < -0.39 is 5.97 Å². The third kappa shape index (κ3) is 5.90. The van der Waals surface area contributed by atoms with E-state index in [1.165, 1.54) is 12.7 Å². The van der Waals surface area contributed by atoms with Gasteiger partial charge in [-0.05, 0) is 36.5 Å². The Balaban J connectivity index is 2.90. The summed E-state index contributed by atoms with van der Waals surface area (Å²) < 4.78 is 4.82. The minimum atomic E-state index is -0.401. The van der Waals surface area contributed by atoms with Crippen molar-refractivity contribution in [2.45, 2.75) is 39.0 Å². The summed E-state index contributed by atoms with van der Waals surface area (Å²) in [6, 6.07) is 7.97. The van der Waals surface area contributed by atoms with Gasteiger partial charge in [0.15, 0.2) is 0 Å². The van der Waals surface area contributed by atoms with E-state index >= 15 is 0 Å². The third-order valence-electron chi connectivity index (χ3n) is 3.24. The fourth-order valence-electron chi connectivity index (χ4n) is 2.01. The van der Waals surface area contributed by atoms with Gasteiger partial charge in [-0.1, -0.05) is 43.0 Å². The Kier molecular flexibility index (Phi) is 8.24. The molecule has 0 fully saturated rings. The van der Waals surface area contributed by atoms with E-state index in [0.29, 0.717) is 5.57 Å². The molecule has 0 bridgehead atoms. The van der Waals surface area contributed by atoms with Crippen LogP contribution in [0.5, 0.6) is 0 Å². The summed E-state index contributed by atoms with van der Waals surface area (Å²) in [6.07, 6.45) is 11.3. The van der Waals surface area contributed by atoms with Crippen LogP contribution in [0.1, 0.15) is 43.7 Å². The minimum absolute atomic E-state index is 0.389. The molecular weight excluding hydrogens is 272 g/mol. The molecule has 1 aromatic carbocycles. The zero-order valence-electron chi connectivity index (χ0n) is 13.3. The Morgan fingerprint density at radius 1 is 1.27 bits per heavy atom. The highest BCUT2D eigenvalue weighted by atomic mass is 16.5. The van der Waals surface area contributed by atoms with Crippen molar-refractivity contribution in [2.24, 2.45) is 0 Å². The molecule has 0 radical (unpaired) electrons. The van der Waals surface area contributed by atoms with Crippen molar-refractivity contribution in [1.29, 1.82) is 0 Å². The standard InChI is InChI=1S/C20H22O2/c1-4-6-7-8-9-10-15-19(20(21)22-3)16-18-14-12-11-13-17(18)5-2/h1,11-14,16H,5-9H2,2-3H3/b19-16+. The van der Waals surface area contributed by atoms with Gasteiger partial charge < -0.3 is 4.74 Å². The molecule has 0 N–H and O–H groups in total. The monoisotopic (exact) mass is 294 g/mol. The topological polar surface area (TPSA) is 26.3 Å². The van der Waals surface area contributed by atoms with Gasteiger partial charge in [-0.15, -0.1) is 12.3 Å². The molecule has 1 aromatic rings. The Morgan fingerprint density at radius 2 is 2.00 bits per heavy atom. The first kappa shape index (κ1) is 17.6. The lowest BCUT2D eigenvalue weighted by molar-refractivity contribution is -0.135. The van der Waals surface area contributed by atoms with Crippen LogP contribution < -0.4 is 0 Å². The van der Waals surface area contributed by atoms with Crippen molar-refractivity contribution < 1.29 is 9.53 Å². The average Bonchev–Trinajstić information content (AvgIpc) is 2.56. The normalized spacial score (nSPS) is 10.3. The number of aryl methyl sites for hydroxylation is 1. The van der Waals surface area contributed by atoms with E-state index in [1.54, 1.807) is 6.08 Å². The molecule has 0 heterocycles. The molecule has 0 unspecified atom stereocenters. The summed E-state index contributed by atoms with van der Waals surface area (Å²) in [5, 5.41) is 0. The maximum atomic E-state index is 11.9. The van der Waals surface area contributed by atoms with Crippen molar-refractivity contribution in [3.8, 4) is 24.2 Å². The Labute approximate surface area is 133 Å². The van der Waals surface area contributed by atoms with Crippen LogP contribution in [0, 0.1) is 24.2 Å². The highest BCUT2D eigenvalue weighted by Crippen LogP contribution is 2.14. The number of benzene rings is 1. The summed E-state index contributed by atoms with van der Waals surface area (Å²) in [4.78, 5) is 11.9. The number of hydrogen-bond acceptors (Lipinski definition) is 2. The highest BCUT2D eigenvalue weighted by molar-refractivity contribution is 5.98. The number of methoxy groups -OCH3 is 1. The Hall–Kier alpha value is -2.45. The van der Waals surface area contributed by atoms with Gasteiger partial charge in [0.05, 0.1) is 7.11 Å². The molecule has 1 rings (SSSR count). The molecule has 2 nitrogen and oxygen atoms in total. The van der Waals surface area contributed by atoms with Gasteiger partial charge in [-0.3, -0.25) is 0 Å². The van der Waals surface area contributed by atoms with Crippen LogP contribution in [-0.2, 0) is 16.0 Å². The number of unbranched alkanes of at least 4 members (excludes halogenated alkanes) is 3. The molecule has 2 heteroatoms. The van der Waals surface area contributed by atoms with Crippen LogP contribution in [0.15, 0.2) is 29.8 Å². The second kappa shape index (κ2) is 10.3.